The maximum absolute atomic E-state index is 12.1. The molecule has 2 rings (SSSR count). The molecule has 2 aromatic rings. The summed E-state index contributed by atoms with van der Waals surface area (Å²) in [7, 11) is 0. The third kappa shape index (κ3) is 4.62. The number of thioether (sulfide) groups is 1. The second kappa shape index (κ2) is 8.42. The van der Waals surface area contributed by atoms with Gasteiger partial charge in [-0.15, -0.1) is 10.2 Å². The molecule has 0 saturated carbocycles. The molecule has 0 aliphatic carbocycles. The van der Waals surface area contributed by atoms with E-state index in [2.05, 4.69) is 15.5 Å². The molecule has 8 heteroatoms. The SMILES string of the molecule is CCCc1nnc(SCC(=O)Nc2ccccc2OCC)n1N. The van der Waals surface area contributed by atoms with Crippen LogP contribution in [0.3, 0.4) is 0 Å². The number of hydrogen-bond acceptors (Lipinski definition) is 6. The van der Waals surface area contributed by atoms with E-state index in [1.54, 1.807) is 6.07 Å². The van der Waals surface area contributed by atoms with Crippen molar-refractivity contribution in [2.75, 3.05) is 23.5 Å². The van der Waals surface area contributed by atoms with Gasteiger partial charge in [-0.25, -0.2) is 4.68 Å². The summed E-state index contributed by atoms with van der Waals surface area (Å²) in [6.45, 7) is 4.49. The number of nitrogen functional groups attached to an aromatic ring is 1. The van der Waals surface area contributed by atoms with Crippen LogP contribution in [0.2, 0.25) is 0 Å². The minimum absolute atomic E-state index is 0.151. The summed E-state index contributed by atoms with van der Waals surface area (Å²) >= 11 is 1.25. The first-order valence-electron chi connectivity index (χ1n) is 7.49. The molecule has 0 radical (unpaired) electrons. The topological polar surface area (TPSA) is 95.1 Å². The molecule has 1 amide bonds. The molecule has 0 aliphatic heterocycles. The van der Waals surface area contributed by atoms with Crippen molar-refractivity contribution in [3.05, 3.63) is 30.1 Å². The van der Waals surface area contributed by atoms with Crippen LogP contribution in [-0.2, 0) is 11.2 Å². The number of amides is 1. The Bertz CT molecular complexity index is 659. The normalized spacial score (nSPS) is 10.5. The van der Waals surface area contributed by atoms with Crippen LogP contribution in [-0.4, -0.2) is 33.1 Å². The fraction of sp³-hybridized carbons (Fsp3) is 0.400. The van der Waals surface area contributed by atoms with Crippen LogP contribution >= 0.6 is 11.8 Å². The monoisotopic (exact) mass is 335 g/mol. The van der Waals surface area contributed by atoms with Crippen LogP contribution in [0.5, 0.6) is 5.75 Å². The van der Waals surface area contributed by atoms with E-state index in [9.17, 15) is 4.79 Å². The minimum atomic E-state index is -0.151. The van der Waals surface area contributed by atoms with Crippen LogP contribution in [0, 0.1) is 0 Å². The third-order valence-corrected chi connectivity index (χ3v) is 3.95. The minimum Gasteiger partial charge on any atom is -0.492 e. The highest BCUT2D eigenvalue weighted by Gasteiger charge is 2.13. The first-order chi connectivity index (χ1) is 11.2. The number of benzene rings is 1. The Morgan fingerprint density at radius 1 is 1.35 bits per heavy atom. The predicted octanol–water partition coefficient (Wildman–Crippen LogP) is 2.07. The fourth-order valence-electron chi connectivity index (χ4n) is 1.97. The zero-order valence-corrected chi connectivity index (χ0v) is 14.1. The summed E-state index contributed by atoms with van der Waals surface area (Å²) in [5.74, 6) is 7.33. The van der Waals surface area contributed by atoms with Gasteiger partial charge in [-0.2, -0.15) is 0 Å². The number of hydrogen-bond donors (Lipinski definition) is 2. The number of nitrogens with two attached hydrogens (primary N) is 1. The smallest absolute Gasteiger partial charge is 0.234 e. The molecule has 1 aromatic carbocycles. The molecule has 1 aromatic heterocycles. The molecule has 0 aliphatic rings. The summed E-state index contributed by atoms with van der Waals surface area (Å²) < 4.78 is 6.92. The highest BCUT2D eigenvalue weighted by atomic mass is 32.2. The summed E-state index contributed by atoms with van der Waals surface area (Å²) in [4.78, 5) is 12.1. The zero-order chi connectivity index (χ0) is 16.7. The second-order valence-corrected chi connectivity index (χ2v) is 5.73. The molecule has 1 heterocycles. The van der Waals surface area contributed by atoms with E-state index < -0.39 is 0 Å². The Kier molecular flexibility index (Phi) is 6.28. The van der Waals surface area contributed by atoms with Gasteiger partial charge in [0.2, 0.25) is 11.1 Å². The quantitative estimate of drug-likeness (QED) is 0.566. The molecular weight excluding hydrogens is 314 g/mol. The summed E-state index contributed by atoms with van der Waals surface area (Å²) in [5.41, 5.74) is 0.654. The second-order valence-electron chi connectivity index (χ2n) is 4.78. The van der Waals surface area contributed by atoms with Crippen molar-refractivity contribution in [2.24, 2.45) is 0 Å². The van der Waals surface area contributed by atoms with Gasteiger partial charge in [-0.1, -0.05) is 30.8 Å². The van der Waals surface area contributed by atoms with Gasteiger partial charge < -0.3 is 15.9 Å². The third-order valence-electron chi connectivity index (χ3n) is 3.00. The van der Waals surface area contributed by atoms with Gasteiger partial charge in [0.15, 0.2) is 5.82 Å². The van der Waals surface area contributed by atoms with Crippen molar-refractivity contribution in [3.8, 4) is 5.75 Å². The zero-order valence-electron chi connectivity index (χ0n) is 13.3. The van der Waals surface area contributed by atoms with E-state index in [4.69, 9.17) is 10.6 Å². The van der Waals surface area contributed by atoms with Gasteiger partial charge in [0.05, 0.1) is 18.0 Å². The summed E-state index contributed by atoms with van der Waals surface area (Å²) in [6.07, 6.45) is 1.70. The Balaban J connectivity index is 1.93. The molecule has 23 heavy (non-hydrogen) atoms. The molecule has 0 saturated heterocycles. The van der Waals surface area contributed by atoms with E-state index in [-0.39, 0.29) is 11.7 Å². The maximum Gasteiger partial charge on any atom is 0.234 e. The Morgan fingerprint density at radius 2 is 2.13 bits per heavy atom. The molecule has 0 fully saturated rings. The average Bonchev–Trinajstić information content (AvgIpc) is 2.88. The van der Waals surface area contributed by atoms with Crippen LogP contribution in [0.1, 0.15) is 26.1 Å². The summed E-state index contributed by atoms with van der Waals surface area (Å²) in [5, 5.41) is 11.4. The van der Waals surface area contributed by atoms with Crippen molar-refractivity contribution >= 4 is 23.4 Å². The average molecular weight is 335 g/mol. The number of nitrogens with one attached hydrogen (secondary N) is 1. The van der Waals surface area contributed by atoms with Crippen molar-refractivity contribution < 1.29 is 9.53 Å². The summed E-state index contributed by atoms with van der Waals surface area (Å²) in [6, 6.07) is 7.33. The Labute approximate surface area is 139 Å². The van der Waals surface area contributed by atoms with Gasteiger partial charge >= 0.3 is 0 Å². The number of anilines is 1. The first kappa shape index (κ1) is 17.1. The highest BCUT2D eigenvalue weighted by molar-refractivity contribution is 7.99. The molecule has 0 bridgehead atoms. The molecular formula is C15H21N5O2S. The lowest BCUT2D eigenvalue weighted by atomic mass is 10.3. The Morgan fingerprint density at radius 3 is 2.87 bits per heavy atom. The van der Waals surface area contributed by atoms with E-state index in [1.165, 1.54) is 16.4 Å². The number of ether oxygens (including phenoxy) is 1. The van der Waals surface area contributed by atoms with Gasteiger partial charge in [0.1, 0.15) is 5.75 Å². The van der Waals surface area contributed by atoms with Crippen molar-refractivity contribution in [3.63, 3.8) is 0 Å². The molecule has 0 atom stereocenters. The van der Waals surface area contributed by atoms with Crippen LogP contribution in [0.15, 0.2) is 29.4 Å². The molecule has 0 unspecified atom stereocenters. The fourth-order valence-corrected chi connectivity index (χ4v) is 2.64. The number of nitrogens with zero attached hydrogens (tertiary/aromatic N) is 3. The van der Waals surface area contributed by atoms with Gasteiger partial charge in [-0.3, -0.25) is 4.79 Å². The first-order valence-corrected chi connectivity index (χ1v) is 8.48. The van der Waals surface area contributed by atoms with Crippen LogP contribution in [0.4, 0.5) is 5.69 Å². The number of para-hydroxylation sites is 2. The molecule has 124 valence electrons. The van der Waals surface area contributed by atoms with Crippen LogP contribution < -0.4 is 15.9 Å². The van der Waals surface area contributed by atoms with E-state index in [0.29, 0.717) is 23.2 Å². The largest absolute Gasteiger partial charge is 0.492 e. The standard InChI is InChI=1S/C15H21N5O2S/c1-3-7-13-18-19-15(20(13)16)23-10-14(21)17-11-8-5-6-9-12(11)22-4-2/h5-6,8-9H,3-4,7,10,16H2,1-2H3,(H,17,21). The lowest BCUT2D eigenvalue weighted by Gasteiger charge is -2.10. The lowest BCUT2D eigenvalue weighted by molar-refractivity contribution is -0.113. The van der Waals surface area contributed by atoms with Gasteiger partial charge in [0.25, 0.3) is 0 Å². The number of aromatic nitrogens is 3. The number of carbonyl (C=O) groups excluding carboxylic acids is 1. The molecule has 3 N–H and O–H groups in total. The van der Waals surface area contributed by atoms with Crippen LogP contribution in [0.25, 0.3) is 0 Å². The Hall–Kier alpha value is -2.22. The van der Waals surface area contributed by atoms with E-state index >= 15 is 0 Å². The van der Waals surface area contributed by atoms with Crippen molar-refractivity contribution in [2.45, 2.75) is 31.8 Å². The lowest BCUT2D eigenvalue weighted by Crippen LogP contribution is -2.17. The van der Waals surface area contributed by atoms with Gasteiger partial charge in [0, 0.05) is 6.42 Å². The van der Waals surface area contributed by atoms with Crippen molar-refractivity contribution in [1.82, 2.24) is 14.9 Å². The molecule has 0 spiro atoms. The van der Waals surface area contributed by atoms with Gasteiger partial charge in [-0.05, 0) is 25.5 Å². The number of rotatable bonds is 8. The maximum atomic E-state index is 12.1. The predicted molar refractivity (Wildman–Crippen MR) is 91.1 cm³/mol. The van der Waals surface area contributed by atoms with E-state index in [0.717, 1.165) is 18.7 Å². The van der Waals surface area contributed by atoms with Crippen molar-refractivity contribution in [1.29, 1.82) is 0 Å². The van der Waals surface area contributed by atoms with E-state index in [1.807, 2.05) is 32.0 Å². The highest BCUT2D eigenvalue weighted by Crippen LogP contribution is 2.24. The number of aryl methyl sites for hydroxylation is 1. The molecule has 7 nitrogen and oxygen atoms in total. The number of carbonyl (C=O) groups is 1.